The second kappa shape index (κ2) is 11.7. The molecular formula is C29H39N3O3. The maximum absolute atomic E-state index is 13.4. The number of ether oxygens (including phenoxy) is 1. The number of likely N-dealkylation sites (tertiary alicyclic amines) is 1. The van der Waals surface area contributed by atoms with Crippen molar-refractivity contribution in [3.05, 3.63) is 65.2 Å². The van der Waals surface area contributed by atoms with Crippen molar-refractivity contribution in [3.63, 3.8) is 0 Å². The minimum atomic E-state index is -0.00767. The topological polar surface area (TPSA) is 53.1 Å². The first kappa shape index (κ1) is 25.2. The molecule has 2 aliphatic heterocycles. The van der Waals surface area contributed by atoms with Crippen molar-refractivity contribution in [1.82, 2.24) is 14.7 Å². The zero-order valence-corrected chi connectivity index (χ0v) is 21.4. The minimum Gasteiger partial charge on any atom is -0.492 e. The molecule has 0 N–H and O–H groups in total. The molecule has 6 heteroatoms. The van der Waals surface area contributed by atoms with Crippen LogP contribution in [0.3, 0.4) is 0 Å². The van der Waals surface area contributed by atoms with Gasteiger partial charge in [-0.05, 0) is 62.4 Å². The Morgan fingerprint density at radius 2 is 1.83 bits per heavy atom. The van der Waals surface area contributed by atoms with E-state index in [1.807, 2.05) is 41.1 Å². The zero-order chi connectivity index (χ0) is 24.8. The number of carbonyl (C=O) groups excluding carboxylic acids is 2. The lowest BCUT2D eigenvalue weighted by molar-refractivity contribution is -0.131. The van der Waals surface area contributed by atoms with Gasteiger partial charge in [-0.1, -0.05) is 42.3 Å². The van der Waals surface area contributed by atoms with Gasteiger partial charge in [-0.25, -0.2) is 0 Å². The number of benzene rings is 2. The van der Waals surface area contributed by atoms with Gasteiger partial charge in [0.05, 0.1) is 6.04 Å². The Morgan fingerprint density at radius 3 is 2.60 bits per heavy atom. The smallest absolute Gasteiger partial charge is 0.254 e. The van der Waals surface area contributed by atoms with E-state index in [4.69, 9.17) is 4.74 Å². The summed E-state index contributed by atoms with van der Waals surface area (Å²) in [6.07, 6.45) is 4.24. The molecule has 2 aromatic carbocycles. The van der Waals surface area contributed by atoms with Crippen LogP contribution in [0.2, 0.25) is 0 Å². The zero-order valence-electron chi connectivity index (χ0n) is 21.4. The largest absolute Gasteiger partial charge is 0.492 e. The van der Waals surface area contributed by atoms with Crippen molar-refractivity contribution in [2.45, 2.75) is 52.1 Å². The van der Waals surface area contributed by atoms with Gasteiger partial charge in [-0.3, -0.25) is 14.5 Å². The fourth-order valence-electron chi connectivity index (χ4n) is 5.37. The summed E-state index contributed by atoms with van der Waals surface area (Å²) in [4.78, 5) is 31.8. The van der Waals surface area contributed by atoms with Crippen LogP contribution >= 0.6 is 0 Å². The highest BCUT2D eigenvalue weighted by Crippen LogP contribution is 2.28. The lowest BCUT2D eigenvalue weighted by atomic mass is 9.86. The molecule has 2 bridgehead atoms. The van der Waals surface area contributed by atoms with Crippen molar-refractivity contribution in [2.24, 2.45) is 5.92 Å². The van der Waals surface area contributed by atoms with E-state index in [9.17, 15) is 9.59 Å². The predicted molar refractivity (Wildman–Crippen MR) is 138 cm³/mol. The number of likely N-dealkylation sites (N-methyl/N-ethyl adjacent to an activating group) is 1. The van der Waals surface area contributed by atoms with Crippen LogP contribution in [0.25, 0.3) is 0 Å². The molecule has 0 spiro atoms. The van der Waals surface area contributed by atoms with E-state index in [2.05, 4.69) is 36.1 Å². The van der Waals surface area contributed by atoms with Gasteiger partial charge in [0.2, 0.25) is 5.91 Å². The molecule has 1 saturated heterocycles. The van der Waals surface area contributed by atoms with E-state index in [-0.39, 0.29) is 17.9 Å². The summed E-state index contributed by atoms with van der Waals surface area (Å²) in [5.41, 5.74) is 3.23. The molecule has 0 radical (unpaired) electrons. The summed E-state index contributed by atoms with van der Waals surface area (Å²) in [6, 6.07) is 16.3. The van der Waals surface area contributed by atoms with Crippen molar-refractivity contribution in [1.29, 1.82) is 0 Å². The molecule has 2 amide bonds. The molecular weight excluding hydrogens is 438 g/mol. The number of fused-ring (bicyclic) bond motifs is 3. The fraction of sp³-hybridized carbons (Fsp3) is 0.517. The Bertz CT molecular complexity index is 1010. The molecule has 0 unspecified atom stereocenters. The molecule has 35 heavy (non-hydrogen) atoms. The second-order valence-electron chi connectivity index (χ2n) is 10.1. The quantitative estimate of drug-likeness (QED) is 0.645. The maximum atomic E-state index is 13.4. The third-order valence-corrected chi connectivity index (χ3v) is 7.57. The lowest BCUT2D eigenvalue weighted by Crippen LogP contribution is -2.54. The van der Waals surface area contributed by atoms with Crippen LogP contribution in [-0.4, -0.2) is 72.4 Å². The van der Waals surface area contributed by atoms with Crippen LogP contribution in [-0.2, 0) is 11.3 Å². The van der Waals surface area contributed by atoms with Crippen molar-refractivity contribution >= 4 is 11.8 Å². The first-order chi connectivity index (χ1) is 16.9. The number of amides is 2. The third-order valence-electron chi connectivity index (χ3n) is 7.57. The number of hydrogen-bond donors (Lipinski definition) is 0. The molecule has 0 aromatic heterocycles. The standard InChI is InChI=1S/C29H39N3O3/c1-22-10-12-24(13-11-22)20-31-15-5-4-7-25-14-16-32(23(2)33)21-28(25)30(3)29(34)26-8-6-9-27(19-26)35-18-17-31/h6,8-13,19,25,28H,4-5,7,14-18,20-21H2,1-3H3/t25-,28+/m1/s1. The molecule has 4 rings (SSSR count). The van der Waals surface area contributed by atoms with Crippen molar-refractivity contribution in [3.8, 4) is 5.75 Å². The number of aryl methyl sites for hydroxylation is 1. The molecule has 0 aliphatic carbocycles. The molecule has 2 aromatic rings. The molecule has 2 aliphatic rings. The summed E-state index contributed by atoms with van der Waals surface area (Å²) in [6.45, 7) is 8.47. The number of carbonyl (C=O) groups is 2. The fourth-order valence-corrected chi connectivity index (χ4v) is 5.37. The van der Waals surface area contributed by atoms with Crippen molar-refractivity contribution in [2.75, 3.05) is 39.8 Å². The Balaban J connectivity index is 1.53. The molecule has 1 fully saturated rings. The summed E-state index contributed by atoms with van der Waals surface area (Å²) < 4.78 is 6.08. The van der Waals surface area contributed by atoms with E-state index in [1.54, 1.807) is 6.92 Å². The van der Waals surface area contributed by atoms with Crippen molar-refractivity contribution < 1.29 is 14.3 Å². The normalized spacial score (nSPS) is 22.5. The summed E-state index contributed by atoms with van der Waals surface area (Å²) in [7, 11) is 1.89. The second-order valence-corrected chi connectivity index (χ2v) is 10.1. The number of piperidine rings is 1. The molecule has 2 atom stereocenters. The van der Waals surface area contributed by atoms with Crippen LogP contribution in [0.5, 0.6) is 5.75 Å². The van der Waals surface area contributed by atoms with Gasteiger partial charge in [-0.15, -0.1) is 0 Å². The Kier molecular flexibility index (Phi) is 8.45. The summed E-state index contributed by atoms with van der Waals surface area (Å²) in [5.74, 6) is 1.20. The number of nitrogens with zero attached hydrogens (tertiary/aromatic N) is 3. The van der Waals surface area contributed by atoms with Gasteiger partial charge >= 0.3 is 0 Å². The van der Waals surface area contributed by atoms with Gasteiger partial charge < -0.3 is 14.5 Å². The first-order valence-corrected chi connectivity index (χ1v) is 12.9. The summed E-state index contributed by atoms with van der Waals surface area (Å²) >= 11 is 0. The predicted octanol–water partition coefficient (Wildman–Crippen LogP) is 4.37. The van der Waals surface area contributed by atoms with E-state index in [0.29, 0.717) is 24.6 Å². The van der Waals surface area contributed by atoms with Gasteiger partial charge in [0.25, 0.3) is 5.91 Å². The van der Waals surface area contributed by atoms with Crippen LogP contribution < -0.4 is 4.74 Å². The van der Waals surface area contributed by atoms with Gasteiger partial charge in [0.15, 0.2) is 0 Å². The average Bonchev–Trinajstić information content (AvgIpc) is 2.86. The highest BCUT2D eigenvalue weighted by atomic mass is 16.5. The molecule has 188 valence electrons. The highest BCUT2D eigenvalue weighted by Gasteiger charge is 2.35. The number of hydrogen-bond acceptors (Lipinski definition) is 4. The first-order valence-electron chi connectivity index (χ1n) is 12.9. The molecule has 6 nitrogen and oxygen atoms in total. The SMILES string of the molecule is CC(=O)N1CC[C@H]2CCCCN(Cc3ccc(C)cc3)CCOc3cccc(c3)C(=O)N(C)[C@H]2C1. The molecule has 2 heterocycles. The Morgan fingerprint density at radius 1 is 1.03 bits per heavy atom. The van der Waals surface area contributed by atoms with Gasteiger partial charge in [-0.2, -0.15) is 0 Å². The Hall–Kier alpha value is -2.86. The van der Waals surface area contributed by atoms with E-state index < -0.39 is 0 Å². The maximum Gasteiger partial charge on any atom is 0.254 e. The average molecular weight is 478 g/mol. The van der Waals surface area contributed by atoms with E-state index >= 15 is 0 Å². The van der Waals surface area contributed by atoms with Crippen LogP contribution in [0.4, 0.5) is 0 Å². The number of rotatable bonds is 2. The molecule has 0 saturated carbocycles. The van der Waals surface area contributed by atoms with Crippen LogP contribution in [0.1, 0.15) is 54.1 Å². The highest BCUT2D eigenvalue weighted by molar-refractivity contribution is 5.94. The van der Waals surface area contributed by atoms with E-state index in [1.165, 1.54) is 11.1 Å². The van der Waals surface area contributed by atoms with Crippen LogP contribution in [0.15, 0.2) is 48.5 Å². The Labute approximate surface area is 209 Å². The van der Waals surface area contributed by atoms with Gasteiger partial charge in [0.1, 0.15) is 12.4 Å². The van der Waals surface area contributed by atoms with E-state index in [0.717, 1.165) is 57.6 Å². The summed E-state index contributed by atoms with van der Waals surface area (Å²) in [5, 5.41) is 0. The van der Waals surface area contributed by atoms with Gasteiger partial charge in [0, 0.05) is 45.7 Å². The monoisotopic (exact) mass is 477 g/mol. The lowest BCUT2D eigenvalue weighted by Gasteiger charge is -2.43. The van der Waals surface area contributed by atoms with Crippen LogP contribution in [0, 0.1) is 12.8 Å². The minimum absolute atomic E-state index is 0.00767. The third kappa shape index (κ3) is 6.63.